The minimum absolute atomic E-state index is 1.02. The summed E-state index contributed by atoms with van der Waals surface area (Å²) >= 11 is 8.22. The lowest BCUT2D eigenvalue weighted by molar-refractivity contribution is 1.12. The lowest BCUT2D eigenvalue weighted by Crippen LogP contribution is -2.00. The molecule has 2 nitrogen and oxygen atoms in total. The minimum Gasteiger partial charge on any atom is -0.308 e. The van der Waals surface area contributed by atoms with Gasteiger partial charge in [0.1, 0.15) is 0 Å². The van der Waals surface area contributed by atoms with Crippen LogP contribution in [0.4, 0.5) is 0 Å². The molecule has 11 rings (SSSR count). The SMILES string of the molecule is Brc1cc(-n2c3ccc4ccccc4c3c3c4ccccc4ccc32)c(Br)cc1-n1c2ccc3ccccc3c2c2c3ccccc3ccc21. The topological polar surface area (TPSA) is 9.86 Å². The van der Waals surface area contributed by atoms with Crippen LogP contribution in [0.25, 0.3) is 98.1 Å². The molecule has 0 amide bonds. The quantitative estimate of drug-likeness (QED) is 0.166. The number of halogens is 2. The summed E-state index contributed by atoms with van der Waals surface area (Å²) in [4.78, 5) is 0. The van der Waals surface area contributed by atoms with Gasteiger partial charge in [0.05, 0.1) is 33.4 Å². The van der Waals surface area contributed by atoms with E-state index in [1.54, 1.807) is 0 Å². The molecule has 2 aromatic heterocycles. The third-order valence-electron chi connectivity index (χ3n) is 10.6. The number of nitrogens with zero attached hydrogens (tertiary/aromatic N) is 2. The average molecular weight is 767 g/mol. The molecule has 0 aliphatic heterocycles. The predicted octanol–water partition coefficient (Wildman–Crippen LogP) is 14.0. The molecule has 0 atom stereocenters. The zero-order valence-corrected chi connectivity index (χ0v) is 29.8. The molecule has 0 aliphatic carbocycles. The van der Waals surface area contributed by atoms with Crippen molar-refractivity contribution in [2.75, 3.05) is 0 Å². The second-order valence-corrected chi connectivity index (χ2v) is 14.9. The zero-order valence-electron chi connectivity index (χ0n) is 26.7. The fourth-order valence-corrected chi connectivity index (χ4v) is 9.50. The van der Waals surface area contributed by atoms with E-state index in [1.165, 1.54) is 86.7 Å². The van der Waals surface area contributed by atoms with Gasteiger partial charge in [-0.05, 0) is 111 Å². The van der Waals surface area contributed by atoms with E-state index in [-0.39, 0.29) is 0 Å². The highest BCUT2D eigenvalue weighted by Crippen LogP contribution is 2.45. The maximum atomic E-state index is 4.11. The standard InChI is InChI=1S/C46H26Br2N2/c47-35-26-42(50-39-23-19-29-11-3-7-15-33(29)45(39)46-34-16-8-4-12-30(34)20-24-40(46)50)36(48)25-41(35)49-37-21-17-27-9-1-5-13-31(27)43(37)44-32-14-6-2-10-28(32)18-22-38(44)49/h1-26H. The minimum atomic E-state index is 1.02. The first-order chi connectivity index (χ1) is 24.7. The van der Waals surface area contributed by atoms with Crippen LogP contribution in [-0.2, 0) is 0 Å². The molecule has 2 heterocycles. The largest absolute Gasteiger partial charge is 0.308 e. The maximum Gasteiger partial charge on any atom is 0.0617 e. The van der Waals surface area contributed by atoms with Crippen LogP contribution in [0, 0.1) is 0 Å². The third-order valence-corrected chi connectivity index (χ3v) is 11.9. The number of hydrogen-bond donors (Lipinski definition) is 0. The van der Waals surface area contributed by atoms with Gasteiger partial charge in [0, 0.05) is 30.5 Å². The maximum absolute atomic E-state index is 4.11. The van der Waals surface area contributed by atoms with Crippen molar-refractivity contribution in [2.45, 2.75) is 0 Å². The number of benzene rings is 9. The molecule has 4 heteroatoms. The number of rotatable bonds is 2. The van der Waals surface area contributed by atoms with E-state index in [9.17, 15) is 0 Å². The molecule has 9 aromatic carbocycles. The number of fused-ring (bicyclic) bond motifs is 14. The molecule has 0 N–H and O–H groups in total. The van der Waals surface area contributed by atoms with Crippen LogP contribution >= 0.6 is 31.9 Å². The van der Waals surface area contributed by atoms with Gasteiger partial charge in [-0.25, -0.2) is 0 Å². The van der Waals surface area contributed by atoms with Crippen LogP contribution in [0.1, 0.15) is 0 Å². The monoisotopic (exact) mass is 764 g/mol. The molecular weight excluding hydrogens is 740 g/mol. The fraction of sp³-hybridized carbons (Fsp3) is 0. The van der Waals surface area contributed by atoms with Gasteiger partial charge >= 0.3 is 0 Å². The molecule has 0 fully saturated rings. The van der Waals surface area contributed by atoms with E-state index in [2.05, 4.69) is 199 Å². The Balaban J connectivity index is 1.24. The summed E-state index contributed by atoms with van der Waals surface area (Å²) in [7, 11) is 0. The molecule has 0 unspecified atom stereocenters. The van der Waals surface area contributed by atoms with Gasteiger partial charge in [-0.2, -0.15) is 0 Å². The van der Waals surface area contributed by atoms with E-state index in [0.717, 1.165) is 20.3 Å². The molecule has 0 spiro atoms. The summed E-state index contributed by atoms with van der Waals surface area (Å²) in [5, 5.41) is 15.2. The molecule has 234 valence electrons. The second kappa shape index (κ2) is 10.5. The van der Waals surface area contributed by atoms with Gasteiger partial charge in [0.25, 0.3) is 0 Å². The number of aromatic nitrogens is 2. The average Bonchev–Trinajstić information content (AvgIpc) is 3.69. The molecule has 11 aromatic rings. The summed E-state index contributed by atoms with van der Waals surface area (Å²) in [5.74, 6) is 0. The normalized spacial score (nSPS) is 12.2. The molecule has 0 aliphatic rings. The highest BCUT2D eigenvalue weighted by atomic mass is 79.9. The van der Waals surface area contributed by atoms with E-state index >= 15 is 0 Å². The Morgan fingerprint density at radius 2 is 0.560 bits per heavy atom. The summed E-state index contributed by atoms with van der Waals surface area (Å²) in [6.07, 6.45) is 0. The predicted molar refractivity (Wildman–Crippen MR) is 221 cm³/mol. The second-order valence-electron chi connectivity index (χ2n) is 13.1. The Kier molecular flexibility index (Phi) is 5.99. The lowest BCUT2D eigenvalue weighted by Gasteiger charge is -2.16. The molecule has 0 saturated carbocycles. The van der Waals surface area contributed by atoms with Gasteiger partial charge < -0.3 is 9.13 Å². The molecule has 0 bridgehead atoms. The lowest BCUT2D eigenvalue weighted by atomic mass is 10.00. The fourth-order valence-electron chi connectivity index (χ4n) is 8.48. The van der Waals surface area contributed by atoms with Crippen molar-refractivity contribution < 1.29 is 0 Å². The van der Waals surface area contributed by atoms with Gasteiger partial charge in [-0.1, -0.05) is 121 Å². The first kappa shape index (κ1) is 28.4. The van der Waals surface area contributed by atoms with Crippen molar-refractivity contribution in [1.82, 2.24) is 9.13 Å². The van der Waals surface area contributed by atoms with Crippen LogP contribution in [0.2, 0.25) is 0 Å². The van der Waals surface area contributed by atoms with Crippen molar-refractivity contribution in [3.05, 3.63) is 167 Å². The van der Waals surface area contributed by atoms with Gasteiger partial charge in [0.2, 0.25) is 0 Å². The number of hydrogen-bond acceptors (Lipinski definition) is 0. The van der Waals surface area contributed by atoms with Crippen molar-refractivity contribution in [2.24, 2.45) is 0 Å². The highest BCUT2D eigenvalue weighted by molar-refractivity contribution is 9.11. The van der Waals surface area contributed by atoms with Crippen molar-refractivity contribution >= 4 is 119 Å². The summed E-state index contributed by atoms with van der Waals surface area (Å²) in [6, 6.07) is 57.6. The van der Waals surface area contributed by atoms with E-state index in [4.69, 9.17) is 0 Å². The smallest absolute Gasteiger partial charge is 0.0617 e. The van der Waals surface area contributed by atoms with E-state index in [0.29, 0.717) is 0 Å². The van der Waals surface area contributed by atoms with Gasteiger partial charge in [0.15, 0.2) is 0 Å². The Hall–Kier alpha value is -5.42. The molecule has 0 radical (unpaired) electrons. The summed E-state index contributed by atoms with van der Waals surface area (Å²) in [5.41, 5.74) is 6.91. The van der Waals surface area contributed by atoms with Crippen molar-refractivity contribution in [1.29, 1.82) is 0 Å². The van der Waals surface area contributed by atoms with E-state index < -0.39 is 0 Å². The van der Waals surface area contributed by atoms with Crippen LogP contribution < -0.4 is 0 Å². The Morgan fingerprint density at radius 3 is 0.840 bits per heavy atom. The summed E-state index contributed by atoms with van der Waals surface area (Å²) in [6.45, 7) is 0. The van der Waals surface area contributed by atoms with Crippen LogP contribution in [0.15, 0.2) is 167 Å². The Bertz CT molecular complexity index is 2830. The highest BCUT2D eigenvalue weighted by Gasteiger charge is 2.22. The first-order valence-electron chi connectivity index (χ1n) is 16.8. The van der Waals surface area contributed by atoms with Gasteiger partial charge in [-0.15, -0.1) is 0 Å². The van der Waals surface area contributed by atoms with Crippen molar-refractivity contribution in [3.8, 4) is 11.4 Å². The molecular formula is C46H26Br2N2. The Labute approximate surface area is 304 Å². The van der Waals surface area contributed by atoms with Crippen molar-refractivity contribution in [3.63, 3.8) is 0 Å². The van der Waals surface area contributed by atoms with Gasteiger partial charge in [-0.3, -0.25) is 0 Å². The molecule has 50 heavy (non-hydrogen) atoms. The zero-order chi connectivity index (χ0) is 33.1. The first-order valence-corrected chi connectivity index (χ1v) is 18.4. The van der Waals surface area contributed by atoms with Crippen LogP contribution in [-0.4, -0.2) is 9.13 Å². The van der Waals surface area contributed by atoms with Crippen LogP contribution in [0.3, 0.4) is 0 Å². The Morgan fingerprint density at radius 1 is 0.300 bits per heavy atom. The summed E-state index contributed by atoms with van der Waals surface area (Å²) < 4.78 is 6.89. The van der Waals surface area contributed by atoms with Crippen LogP contribution in [0.5, 0.6) is 0 Å². The van der Waals surface area contributed by atoms with E-state index in [1.807, 2.05) is 0 Å². The third kappa shape index (κ3) is 3.83. The molecule has 0 saturated heterocycles.